The van der Waals surface area contributed by atoms with Crippen molar-refractivity contribution in [3.05, 3.63) is 51.1 Å². The molecular weight excluding hydrogens is 377 g/mol. The minimum absolute atomic E-state index is 0.00718. The van der Waals surface area contributed by atoms with Crippen LogP contribution in [0.25, 0.3) is 0 Å². The van der Waals surface area contributed by atoms with Crippen molar-refractivity contribution in [1.82, 2.24) is 4.90 Å². The Morgan fingerprint density at radius 1 is 1.38 bits per heavy atom. The number of nitrogens with one attached hydrogen (secondary N) is 1. The Morgan fingerprint density at radius 2 is 2.15 bits per heavy atom. The number of anilines is 1. The van der Waals surface area contributed by atoms with Crippen LogP contribution < -0.4 is 11.1 Å². The summed E-state index contributed by atoms with van der Waals surface area (Å²) in [5.41, 5.74) is 6.92. The molecule has 2 aromatic rings. The van der Waals surface area contributed by atoms with E-state index < -0.39 is 11.7 Å². The molecule has 2 amide bonds. The molecule has 1 aromatic heterocycles. The summed E-state index contributed by atoms with van der Waals surface area (Å²) in [5.74, 6) is -1.02. The molecule has 5 nitrogen and oxygen atoms in total. The van der Waals surface area contributed by atoms with Gasteiger partial charge < -0.3 is 16.0 Å². The standard InChI is InChI=1S/C18H19ClFN3O2S/c1-10-7-15(22-17(24)13-5-4-11(20)8-14(13)19)26-16(10)18(25)23-6-2-3-12(21)9-23/h4-5,7-8,12H,2-3,6,9,21H2,1H3,(H,22,24). The molecule has 1 aliphatic heterocycles. The predicted molar refractivity (Wildman–Crippen MR) is 102 cm³/mol. The molecule has 2 heterocycles. The van der Waals surface area contributed by atoms with Gasteiger partial charge in [0.05, 0.1) is 20.5 Å². The Hall–Kier alpha value is -1.96. The van der Waals surface area contributed by atoms with Crippen LogP contribution in [0.3, 0.4) is 0 Å². The van der Waals surface area contributed by atoms with Gasteiger partial charge in [0.2, 0.25) is 0 Å². The molecule has 0 radical (unpaired) electrons. The number of carbonyl (C=O) groups is 2. The highest BCUT2D eigenvalue weighted by Crippen LogP contribution is 2.29. The van der Waals surface area contributed by atoms with Crippen LogP contribution in [0, 0.1) is 12.7 Å². The Morgan fingerprint density at radius 3 is 2.85 bits per heavy atom. The summed E-state index contributed by atoms with van der Waals surface area (Å²) in [6, 6.07) is 5.35. The molecule has 1 aromatic carbocycles. The molecule has 0 bridgehead atoms. The minimum atomic E-state index is -0.508. The van der Waals surface area contributed by atoms with Crippen molar-refractivity contribution in [1.29, 1.82) is 0 Å². The highest BCUT2D eigenvalue weighted by Gasteiger charge is 2.25. The molecule has 3 N–H and O–H groups in total. The van der Waals surface area contributed by atoms with Crippen LogP contribution in [0.2, 0.25) is 5.02 Å². The average molecular weight is 396 g/mol. The average Bonchev–Trinajstić information content (AvgIpc) is 2.94. The number of nitrogens with two attached hydrogens (primary N) is 1. The van der Waals surface area contributed by atoms with Gasteiger partial charge in [-0.1, -0.05) is 11.6 Å². The quantitative estimate of drug-likeness (QED) is 0.832. The number of carbonyl (C=O) groups excluding carboxylic acids is 2. The van der Waals surface area contributed by atoms with Crippen LogP contribution >= 0.6 is 22.9 Å². The molecule has 0 saturated carbocycles. The van der Waals surface area contributed by atoms with Crippen LogP contribution in [0.1, 0.15) is 38.4 Å². The van der Waals surface area contributed by atoms with Crippen molar-refractivity contribution in [2.75, 3.05) is 18.4 Å². The molecular formula is C18H19ClFN3O2S. The van der Waals surface area contributed by atoms with Gasteiger partial charge in [-0.15, -0.1) is 11.3 Å². The third-order valence-corrected chi connectivity index (χ3v) is 5.72. The van der Waals surface area contributed by atoms with Crippen LogP contribution in [0.15, 0.2) is 24.3 Å². The maximum Gasteiger partial charge on any atom is 0.264 e. The molecule has 1 fully saturated rings. The first kappa shape index (κ1) is 18.8. The van der Waals surface area contributed by atoms with Gasteiger partial charge >= 0.3 is 0 Å². The molecule has 1 atom stereocenters. The Labute approximate surface area is 159 Å². The SMILES string of the molecule is Cc1cc(NC(=O)c2ccc(F)cc2Cl)sc1C(=O)N1CCCC(N)C1. The van der Waals surface area contributed by atoms with Crippen molar-refractivity contribution in [3.63, 3.8) is 0 Å². The summed E-state index contributed by atoms with van der Waals surface area (Å²) in [5, 5.41) is 3.30. The summed E-state index contributed by atoms with van der Waals surface area (Å²) >= 11 is 7.14. The van der Waals surface area contributed by atoms with Gasteiger partial charge in [-0.05, 0) is 49.6 Å². The van der Waals surface area contributed by atoms with Crippen LogP contribution in [0.5, 0.6) is 0 Å². The molecule has 0 spiro atoms. The number of halogens is 2. The van der Waals surface area contributed by atoms with Crippen molar-refractivity contribution in [2.45, 2.75) is 25.8 Å². The number of aryl methyl sites for hydroxylation is 1. The van der Waals surface area contributed by atoms with E-state index in [1.165, 1.54) is 23.5 Å². The Kier molecular flexibility index (Phi) is 5.60. The van der Waals surface area contributed by atoms with E-state index in [0.29, 0.717) is 23.0 Å². The van der Waals surface area contributed by atoms with Gasteiger partial charge in [-0.25, -0.2) is 4.39 Å². The molecule has 138 valence electrons. The highest BCUT2D eigenvalue weighted by molar-refractivity contribution is 7.18. The molecule has 1 aliphatic rings. The van der Waals surface area contributed by atoms with E-state index in [1.807, 2.05) is 6.92 Å². The first-order valence-corrected chi connectivity index (χ1v) is 9.46. The zero-order valence-corrected chi connectivity index (χ0v) is 15.8. The number of hydrogen-bond acceptors (Lipinski definition) is 4. The van der Waals surface area contributed by atoms with E-state index in [2.05, 4.69) is 5.32 Å². The lowest BCUT2D eigenvalue weighted by molar-refractivity contribution is 0.0713. The first-order valence-electron chi connectivity index (χ1n) is 8.27. The highest BCUT2D eigenvalue weighted by atomic mass is 35.5. The lowest BCUT2D eigenvalue weighted by Gasteiger charge is -2.30. The summed E-state index contributed by atoms with van der Waals surface area (Å²) in [6.45, 7) is 3.06. The molecule has 1 saturated heterocycles. The van der Waals surface area contributed by atoms with Crippen molar-refractivity contribution in [2.24, 2.45) is 5.73 Å². The second kappa shape index (κ2) is 7.73. The molecule has 26 heavy (non-hydrogen) atoms. The van der Waals surface area contributed by atoms with Gasteiger partial charge in [0.25, 0.3) is 11.8 Å². The van der Waals surface area contributed by atoms with Crippen molar-refractivity contribution < 1.29 is 14.0 Å². The predicted octanol–water partition coefficient (Wildman–Crippen LogP) is 3.66. The number of nitrogens with zero attached hydrogens (tertiary/aromatic N) is 1. The van der Waals surface area contributed by atoms with Gasteiger partial charge in [-0.2, -0.15) is 0 Å². The van der Waals surface area contributed by atoms with Gasteiger partial charge in [0, 0.05) is 19.1 Å². The van der Waals surface area contributed by atoms with Gasteiger partial charge in [-0.3, -0.25) is 9.59 Å². The lowest BCUT2D eigenvalue weighted by atomic mass is 10.1. The fraction of sp³-hybridized carbons (Fsp3) is 0.333. The number of piperidine rings is 1. The lowest BCUT2D eigenvalue weighted by Crippen LogP contribution is -2.45. The van der Waals surface area contributed by atoms with E-state index in [1.54, 1.807) is 11.0 Å². The summed E-state index contributed by atoms with van der Waals surface area (Å²) in [4.78, 5) is 27.4. The van der Waals surface area contributed by atoms with Gasteiger partial charge in [0.1, 0.15) is 5.82 Å². The van der Waals surface area contributed by atoms with Crippen LogP contribution in [-0.2, 0) is 0 Å². The molecule has 8 heteroatoms. The van der Waals surface area contributed by atoms with E-state index in [9.17, 15) is 14.0 Å². The summed E-state index contributed by atoms with van der Waals surface area (Å²) < 4.78 is 13.1. The Balaban J connectivity index is 1.75. The smallest absolute Gasteiger partial charge is 0.264 e. The fourth-order valence-corrected chi connectivity index (χ4v) is 4.24. The fourth-order valence-electron chi connectivity index (χ4n) is 2.95. The van der Waals surface area contributed by atoms with E-state index in [0.717, 1.165) is 24.5 Å². The normalized spacial score (nSPS) is 17.2. The van der Waals surface area contributed by atoms with Crippen molar-refractivity contribution >= 4 is 39.8 Å². The largest absolute Gasteiger partial charge is 0.336 e. The summed E-state index contributed by atoms with van der Waals surface area (Å²) in [6.07, 6.45) is 1.82. The number of amides is 2. The third-order valence-electron chi connectivity index (χ3n) is 4.27. The maximum atomic E-state index is 13.1. The van der Waals surface area contributed by atoms with E-state index in [4.69, 9.17) is 17.3 Å². The second-order valence-electron chi connectivity index (χ2n) is 6.35. The van der Waals surface area contributed by atoms with E-state index in [-0.39, 0.29) is 22.5 Å². The number of hydrogen-bond donors (Lipinski definition) is 2. The topological polar surface area (TPSA) is 75.4 Å². The van der Waals surface area contributed by atoms with E-state index >= 15 is 0 Å². The zero-order valence-electron chi connectivity index (χ0n) is 14.2. The molecule has 0 aliphatic carbocycles. The molecule has 3 rings (SSSR count). The monoisotopic (exact) mass is 395 g/mol. The van der Waals surface area contributed by atoms with Crippen molar-refractivity contribution in [3.8, 4) is 0 Å². The number of benzene rings is 1. The van der Waals surface area contributed by atoms with Crippen LogP contribution in [-0.4, -0.2) is 35.8 Å². The number of rotatable bonds is 3. The minimum Gasteiger partial charge on any atom is -0.336 e. The number of thiophene rings is 1. The molecule has 1 unspecified atom stereocenters. The van der Waals surface area contributed by atoms with Gasteiger partial charge in [0.15, 0.2) is 0 Å². The van der Waals surface area contributed by atoms with Crippen LogP contribution in [0.4, 0.5) is 9.39 Å². The summed E-state index contributed by atoms with van der Waals surface area (Å²) in [7, 11) is 0. The number of likely N-dealkylation sites (tertiary alicyclic amines) is 1. The zero-order chi connectivity index (χ0) is 18.8. The second-order valence-corrected chi connectivity index (χ2v) is 7.81. The maximum absolute atomic E-state index is 13.1. The first-order chi connectivity index (χ1) is 12.3. The third kappa shape index (κ3) is 4.06. The Bertz CT molecular complexity index is 855.